The average Bonchev–Trinajstić information content (AvgIpc) is 3.22. The molecular weight excluding hydrogens is 394 g/mol. The third-order valence-electron chi connectivity index (χ3n) is 7.12. The quantitative estimate of drug-likeness (QED) is 0.671. The van der Waals surface area contributed by atoms with Gasteiger partial charge in [-0.1, -0.05) is 33.6 Å². The maximum atomic E-state index is 13.2. The molecule has 2 atom stereocenters. The lowest BCUT2D eigenvalue weighted by Crippen LogP contribution is -2.49. The summed E-state index contributed by atoms with van der Waals surface area (Å²) < 4.78 is 0. The molecule has 1 aliphatic carbocycles. The molecule has 2 aliphatic heterocycles. The number of rotatable bonds is 3. The molecule has 0 aromatic carbocycles. The topological polar surface area (TPSA) is 53.5 Å². The highest BCUT2D eigenvalue weighted by Crippen LogP contribution is 2.37. The highest BCUT2D eigenvalue weighted by atomic mass is 32.1. The molecule has 3 heterocycles. The molecule has 166 valence electrons. The Bertz CT molecular complexity index is 759. The molecule has 1 aromatic rings. The molecule has 2 amide bonds. The normalized spacial score (nSPS) is 25.8. The lowest BCUT2D eigenvalue weighted by atomic mass is 9.78. The Hall–Kier alpha value is -1.43. The van der Waals surface area contributed by atoms with E-state index in [4.69, 9.17) is 4.98 Å². The maximum absolute atomic E-state index is 13.2. The molecule has 0 N–H and O–H groups in total. The van der Waals surface area contributed by atoms with E-state index in [9.17, 15) is 9.59 Å². The molecule has 3 fully saturated rings. The minimum absolute atomic E-state index is 0.0320. The first-order chi connectivity index (χ1) is 14.3. The first-order valence-corrected chi connectivity index (χ1v) is 12.7. The Morgan fingerprint density at radius 1 is 1.03 bits per heavy atom. The van der Waals surface area contributed by atoms with Crippen LogP contribution < -0.4 is 0 Å². The summed E-state index contributed by atoms with van der Waals surface area (Å²) in [6.07, 6.45) is 9.93. The molecule has 30 heavy (non-hydrogen) atoms. The second kappa shape index (κ2) is 8.97. The van der Waals surface area contributed by atoms with Crippen LogP contribution in [0.4, 0.5) is 0 Å². The van der Waals surface area contributed by atoms with Gasteiger partial charge < -0.3 is 9.80 Å². The summed E-state index contributed by atoms with van der Waals surface area (Å²) in [6.45, 7) is 8.84. The number of carbonyl (C=O) groups excluding carboxylic acids is 2. The van der Waals surface area contributed by atoms with Gasteiger partial charge in [0.15, 0.2) is 0 Å². The maximum Gasteiger partial charge on any atom is 0.273 e. The zero-order valence-corrected chi connectivity index (χ0v) is 19.7. The average molecular weight is 432 g/mol. The van der Waals surface area contributed by atoms with E-state index in [1.807, 2.05) is 10.3 Å². The van der Waals surface area contributed by atoms with Crippen LogP contribution in [0.2, 0.25) is 0 Å². The van der Waals surface area contributed by atoms with E-state index < -0.39 is 0 Å². The van der Waals surface area contributed by atoms with Crippen LogP contribution in [-0.2, 0) is 4.79 Å². The van der Waals surface area contributed by atoms with Gasteiger partial charge in [0.1, 0.15) is 5.69 Å². The number of aromatic nitrogens is 1. The van der Waals surface area contributed by atoms with Crippen LogP contribution in [0.25, 0.3) is 0 Å². The molecule has 5 nitrogen and oxygen atoms in total. The number of carbonyl (C=O) groups is 2. The molecule has 1 aromatic heterocycles. The van der Waals surface area contributed by atoms with Crippen molar-refractivity contribution in [3.63, 3.8) is 0 Å². The van der Waals surface area contributed by atoms with Crippen LogP contribution in [0.3, 0.4) is 0 Å². The van der Waals surface area contributed by atoms with Crippen molar-refractivity contribution in [3.05, 3.63) is 16.1 Å². The number of fused-ring (bicyclic) bond motifs is 1. The van der Waals surface area contributed by atoms with Crippen molar-refractivity contribution in [2.24, 2.45) is 11.3 Å². The second-order valence-corrected chi connectivity index (χ2v) is 11.6. The minimum atomic E-state index is 0.0320. The monoisotopic (exact) mass is 431 g/mol. The van der Waals surface area contributed by atoms with E-state index in [-0.39, 0.29) is 17.2 Å². The number of likely N-dealkylation sites (tertiary alicyclic amines) is 2. The standard InChI is InChI=1S/C24H37N3O2S/c1-24(2,3)15-21(28)26-13-10-18(11-14-26)22-25-19(16-30-22)23(29)27-12-6-8-17-7-4-5-9-20(17)27/h16-18,20H,4-15H2,1-3H3. The minimum Gasteiger partial charge on any atom is -0.343 e. The van der Waals surface area contributed by atoms with Crippen LogP contribution in [0.15, 0.2) is 5.38 Å². The number of amides is 2. The molecule has 2 unspecified atom stereocenters. The fourth-order valence-electron chi connectivity index (χ4n) is 5.54. The SMILES string of the molecule is CC(C)(C)CC(=O)N1CCC(c2nc(C(=O)N3CCCC4CCCCC43)cs2)CC1. The van der Waals surface area contributed by atoms with Crippen molar-refractivity contribution in [2.75, 3.05) is 19.6 Å². The highest BCUT2D eigenvalue weighted by Gasteiger charge is 2.37. The number of hydrogen-bond acceptors (Lipinski definition) is 4. The largest absolute Gasteiger partial charge is 0.343 e. The van der Waals surface area contributed by atoms with Gasteiger partial charge >= 0.3 is 0 Å². The van der Waals surface area contributed by atoms with Gasteiger partial charge in [0.25, 0.3) is 5.91 Å². The van der Waals surface area contributed by atoms with Crippen molar-refractivity contribution in [2.45, 2.75) is 90.5 Å². The molecule has 2 saturated heterocycles. The van der Waals surface area contributed by atoms with Crippen LogP contribution >= 0.6 is 11.3 Å². The summed E-state index contributed by atoms with van der Waals surface area (Å²) in [5.41, 5.74) is 0.678. The van der Waals surface area contributed by atoms with E-state index >= 15 is 0 Å². The molecule has 1 saturated carbocycles. The summed E-state index contributed by atoms with van der Waals surface area (Å²) >= 11 is 1.64. The summed E-state index contributed by atoms with van der Waals surface area (Å²) in [4.78, 5) is 34.7. The highest BCUT2D eigenvalue weighted by molar-refractivity contribution is 7.09. The molecule has 4 rings (SSSR count). The molecule has 6 heteroatoms. The Morgan fingerprint density at radius 3 is 2.47 bits per heavy atom. The van der Waals surface area contributed by atoms with Gasteiger partial charge in [-0.15, -0.1) is 11.3 Å². The van der Waals surface area contributed by atoms with E-state index in [2.05, 4.69) is 25.7 Å². The third-order valence-corrected chi connectivity index (χ3v) is 8.13. The van der Waals surface area contributed by atoms with Crippen molar-refractivity contribution in [1.82, 2.24) is 14.8 Å². The predicted molar refractivity (Wildman–Crippen MR) is 121 cm³/mol. The molecule has 0 bridgehead atoms. The number of nitrogens with zero attached hydrogens (tertiary/aromatic N) is 3. The van der Waals surface area contributed by atoms with Gasteiger partial charge in [-0.3, -0.25) is 9.59 Å². The van der Waals surface area contributed by atoms with Gasteiger partial charge in [-0.05, 0) is 49.9 Å². The lowest BCUT2D eigenvalue weighted by Gasteiger charge is -2.43. The smallest absolute Gasteiger partial charge is 0.273 e. The fraction of sp³-hybridized carbons (Fsp3) is 0.792. The summed E-state index contributed by atoms with van der Waals surface area (Å²) in [6, 6.07) is 0.433. The van der Waals surface area contributed by atoms with E-state index in [0.29, 0.717) is 30.0 Å². The van der Waals surface area contributed by atoms with Gasteiger partial charge in [0, 0.05) is 43.4 Å². The van der Waals surface area contributed by atoms with Gasteiger partial charge in [0.05, 0.1) is 5.01 Å². The molecule has 0 radical (unpaired) electrons. The Balaban J connectivity index is 1.35. The second-order valence-electron chi connectivity index (χ2n) is 10.7. The Kier molecular flexibility index (Phi) is 6.52. The third kappa shape index (κ3) is 4.90. The molecule has 0 spiro atoms. The summed E-state index contributed by atoms with van der Waals surface area (Å²) in [5.74, 6) is 1.48. The zero-order chi connectivity index (χ0) is 21.3. The zero-order valence-electron chi connectivity index (χ0n) is 18.9. The number of piperidine rings is 2. The molecule has 3 aliphatic rings. The summed E-state index contributed by atoms with van der Waals surface area (Å²) in [5, 5.41) is 3.06. The Labute approximate surface area is 185 Å². The first kappa shape index (κ1) is 21.8. The van der Waals surface area contributed by atoms with Crippen LogP contribution in [0, 0.1) is 11.3 Å². The van der Waals surface area contributed by atoms with Crippen molar-refractivity contribution in [3.8, 4) is 0 Å². The van der Waals surface area contributed by atoms with Gasteiger partial charge in [0.2, 0.25) is 5.91 Å². The lowest BCUT2D eigenvalue weighted by molar-refractivity contribution is -0.134. The van der Waals surface area contributed by atoms with E-state index in [1.54, 1.807) is 11.3 Å². The van der Waals surface area contributed by atoms with Crippen molar-refractivity contribution < 1.29 is 9.59 Å². The predicted octanol–water partition coefficient (Wildman–Crippen LogP) is 5.08. The van der Waals surface area contributed by atoms with E-state index in [1.165, 1.54) is 25.7 Å². The molecular formula is C24H37N3O2S. The van der Waals surface area contributed by atoms with Crippen molar-refractivity contribution in [1.29, 1.82) is 0 Å². The van der Waals surface area contributed by atoms with Crippen LogP contribution in [0.1, 0.15) is 100.0 Å². The Morgan fingerprint density at radius 2 is 1.73 bits per heavy atom. The number of hydrogen-bond donors (Lipinski definition) is 0. The summed E-state index contributed by atoms with van der Waals surface area (Å²) in [7, 11) is 0. The van der Waals surface area contributed by atoms with Gasteiger partial charge in [-0.25, -0.2) is 4.98 Å². The number of thiazole rings is 1. The van der Waals surface area contributed by atoms with Crippen molar-refractivity contribution >= 4 is 23.2 Å². The van der Waals surface area contributed by atoms with E-state index in [0.717, 1.165) is 50.3 Å². The van der Waals surface area contributed by atoms with Crippen LogP contribution in [0.5, 0.6) is 0 Å². The first-order valence-electron chi connectivity index (χ1n) is 11.9. The van der Waals surface area contributed by atoms with Crippen LogP contribution in [-0.4, -0.2) is 52.3 Å². The van der Waals surface area contributed by atoms with Gasteiger partial charge in [-0.2, -0.15) is 0 Å². The fourth-order valence-corrected chi connectivity index (χ4v) is 6.50.